The first-order valence-electron chi connectivity index (χ1n) is 5.12. The van der Waals surface area contributed by atoms with Gasteiger partial charge in [0.05, 0.1) is 0 Å². The van der Waals surface area contributed by atoms with Gasteiger partial charge in [-0.05, 0) is 41.4 Å². The monoisotopic (exact) mass is 182 g/mol. The Morgan fingerprint density at radius 2 is 2.25 bits per heavy atom. The quantitative estimate of drug-likeness (QED) is 0.590. The van der Waals surface area contributed by atoms with Crippen LogP contribution in [-0.2, 0) is 0 Å². The lowest BCUT2D eigenvalue weighted by Crippen LogP contribution is -2.46. The van der Waals surface area contributed by atoms with E-state index in [1.807, 2.05) is 0 Å². The highest BCUT2D eigenvalue weighted by molar-refractivity contribution is 7.84. The molecule has 2 aliphatic carbocycles. The Bertz CT molecular complexity index is 207. The molecule has 0 spiro atoms. The first kappa shape index (κ1) is 8.68. The van der Waals surface area contributed by atoms with Crippen molar-refractivity contribution in [2.45, 2.75) is 33.1 Å². The van der Waals surface area contributed by atoms with Gasteiger partial charge in [0, 0.05) is 0 Å². The van der Waals surface area contributed by atoms with Crippen molar-refractivity contribution >= 4 is 12.6 Å². The van der Waals surface area contributed by atoms with E-state index >= 15 is 0 Å². The lowest BCUT2D eigenvalue weighted by molar-refractivity contribution is -0.0148. The van der Waals surface area contributed by atoms with Crippen LogP contribution < -0.4 is 0 Å². The molecule has 0 nitrogen and oxygen atoms in total. The Labute approximate surface area is 80.8 Å². The molecule has 0 radical (unpaired) electrons. The third kappa shape index (κ3) is 1.14. The van der Waals surface area contributed by atoms with E-state index in [-0.39, 0.29) is 0 Å². The van der Waals surface area contributed by atoms with Crippen molar-refractivity contribution in [2.75, 3.05) is 0 Å². The van der Waals surface area contributed by atoms with Gasteiger partial charge >= 0.3 is 0 Å². The van der Waals surface area contributed by atoms with Crippen LogP contribution in [0.1, 0.15) is 33.1 Å². The van der Waals surface area contributed by atoms with Crippen LogP contribution in [-0.4, -0.2) is 0 Å². The second kappa shape index (κ2) is 3.10. The molecule has 68 valence electrons. The van der Waals surface area contributed by atoms with Gasteiger partial charge < -0.3 is 0 Å². The molecule has 0 aliphatic heterocycles. The van der Waals surface area contributed by atoms with Gasteiger partial charge in [-0.2, -0.15) is 0 Å². The minimum absolute atomic E-state index is 0.954. The molecule has 0 aromatic rings. The smallest absolute Gasteiger partial charge is 0.0190 e. The predicted octanol–water partition coefficient (Wildman–Crippen LogP) is 3.50. The summed E-state index contributed by atoms with van der Waals surface area (Å²) in [4.78, 5) is 1.33. The summed E-state index contributed by atoms with van der Waals surface area (Å²) in [6, 6.07) is 0. The number of allylic oxidation sites excluding steroid dienone is 2. The fourth-order valence-corrected chi connectivity index (χ4v) is 3.54. The van der Waals surface area contributed by atoms with Crippen LogP contribution in [0.25, 0.3) is 0 Å². The summed E-state index contributed by atoms with van der Waals surface area (Å²) in [6.45, 7) is 4.75. The van der Waals surface area contributed by atoms with Crippen LogP contribution in [0.3, 0.4) is 0 Å². The van der Waals surface area contributed by atoms with Crippen molar-refractivity contribution in [3.05, 3.63) is 11.0 Å². The second-order valence-electron chi connectivity index (χ2n) is 4.39. The molecule has 4 atom stereocenters. The van der Waals surface area contributed by atoms with Gasteiger partial charge in [-0.25, -0.2) is 0 Å². The van der Waals surface area contributed by atoms with Crippen molar-refractivity contribution in [3.63, 3.8) is 0 Å². The summed E-state index contributed by atoms with van der Waals surface area (Å²) in [6.07, 6.45) is 6.26. The maximum absolute atomic E-state index is 4.46. The standard InChI is InChI=1S/C11H18S/c1-3-9-7(2)11-6-8(12)4-5-10(9)11/h4,7,9-12H,3,5-6H2,1-2H3. The SMILES string of the molecule is CCC1C(C)C2CC(S)=CCC12. The van der Waals surface area contributed by atoms with Crippen molar-refractivity contribution < 1.29 is 0 Å². The van der Waals surface area contributed by atoms with E-state index in [0.717, 1.165) is 23.7 Å². The molecule has 0 aromatic heterocycles. The molecular formula is C11H18S. The average Bonchev–Trinajstić information content (AvgIpc) is 2.07. The Kier molecular flexibility index (Phi) is 2.24. The van der Waals surface area contributed by atoms with Crippen LogP contribution in [0.2, 0.25) is 0 Å². The first-order chi connectivity index (χ1) is 5.74. The molecule has 1 fully saturated rings. The van der Waals surface area contributed by atoms with Crippen LogP contribution in [0.15, 0.2) is 11.0 Å². The molecule has 12 heavy (non-hydrogen) atoms. The number of thiol groups is 1. The highest BCUT2D eigenvalue weighted by Crippen LogP contribution is 2.54. The van der Waals surface area contributed by atoms with E-state index in [1.165, 1.54) is 24.2 Å². The maximum atomic E-state index is 4.46. The molecule has 0 saturated heterocycles. The molecule has 0 aromatic carbocycles. The van der Waals surface area contributed by atoms with Crippen LogP contribution in [0, 0.1) is 23.7 Å². The van der Waals surface area contributed by atoms with Crippen molar-refractivity contribution in [1.29, 1.82) is 0 Å². The summed E-state index contributed by atoms with van der Waals surface area (Å²) in [7, 11) is 0. The van der Waals surface area contributed by atoms with Gasteiger partial charge in [-0.3, -0.25) is 0 Å². The average molecular weight is 182 g/mol. The number of hydrogen-bond donors (Lipinski definition) is 1. The summed E-state index contributed by atoms with van der Waals surface area (Å²) >= 11 is 4.46. The summed E-state index contributed by atoms with van der Waals surface area (Å²) in [5, 5.41) is 0. The second-order valence-corrected chi connectivity index (χ2v) is 4.97. The normalized spacial score (nSPS) is 46.1. The van der Waals surface area contributed by atoms with Crippen LogP contribution in [0.4, 0.5) is 0 Å². The molecule has 1 heteroatoms. The van der Waals surface area contributed by atoms with Crippen molar-refractivity contribution in [3.8, 4) is 0 Å². The lowest BCUT2D eigenvalue weighted by atomic mass is 9.53. The zero-order valence-electron chi connectivity index (χ0n) is 7.96. The third-order valence-corrected chi connectivity index (χ3v) is 4.36. The summed E-state index contributed by atoms with van der Waals surface area (Å²) in [5.74, 6) is 3.93. The van der Waals surface area contributed by atoms with E-state index in [9.17, 15) is 0 Å². The maximum Gasteiger partial charge on any atom is -0.0190 e. The van der Waals surface area contributed by atoms with Gasteiger partial charge in [0.15, 0.2) is 0 Å². The summed E-state index contributed by atoms with van der Waals surface area (Å²) in [5.41, 5.74) is 0. The van der Waals surface area contributed by atoms with Gasteiger partial charge in [0.25, 0.3) is 0 Å². The number of rotatable bonds is 1. The van der Waals surface area contributed by atoms with Gasteiger partial charge in [0.2, 0.25) is 0 Å². The van der Waals surface area contributed by atoms with E-state index in [4.69, 9.17) is 0 Å². The Balaban J connectivity index is 2.06. The highest BCUT2D eigenvalue weighted by atomic mass is 32.1. The Morgan fingerprint density at radius 1 is 1.50 bits per heavy atom. The van der Waals surface area contributed by atoms with Crippen LogP contribution >= 0.6 is 12.6 Å². The Morgan fingerprint density at radius 3 is 2.92 bits per heavy atom. The molecule has 0 N–H and O–H groups in total. The molecule has 0 amide bonds. The molecule has 4 unspecified atom stereocenters. The zero-order chi connectivity index (χ0) is 8.72. The minimum atomic E-state index is 0.954. The molecular weight excluding hydrogens is 164 g/mol. The molecule has 0 bridgehead atoms. The van der Waals surface area contributed by atoms with Crippen molar-refractivity contribution in [2.24, 2.45) is 23.7 Å². The van der Waals surface area contributed by atoms with E-state index in [1.54, 1.807) is 0 Å². The topological polar surface area (TPSA) is 0 Å². The first-order valence-corrected chi connectivity index (χ1v) is 5.56. The number of hydrogen-bond acceptors (Lipinski definition) is 1. The molecule has 2 aliphatic rings. The highest BCUT2D eigenvalue weighted by Gasteiger charge is 2.46. The van der Waals surface area contributed by atoms with E-state index in [0.29, 0.717) is 0 Å². The predicted molar refractivity (Wildman–Crippen MR) is 56.2 cm³/mol. The van der Waals surface area contributed by atoms with Gasteiger partial charge in [-0.15, -0.1) is 12.6 Å². The fourth-order valence-electron chi connectivity index (χ4n) is 3.23. The van der Waals surface area contributed by atoms with Crippen molar-refractivity contribution in [1.82, 2.24) is 0 Å². The largest absolute Gasteiger partial charge is 0.148 e. The molecule has 0 heterocycles. The third-order valence-electron chi connectivity index (χ3n) is 3.99. The summed E-state index contributed by atoms with van der Waals surface area (Å²) < 4.78 is 0. The Hall–Kier alpha value is 0.0900. The number of fused-ring (bicyclic) bond motifs is 1. The molecule has 2 rings (SSSR count). The minimum Gasteiger partial charge on any atom is -0.148 e. The van der Waals surface area contributed by atoms with Crippen LogP contribution in [0.5, 0.6) is 0 Å². The fraction of sp³-hybridized carbons (Fsp3) is 0.818. The molecule has 1 saturated carbocycles. The lowest BCUT2D eigenvalue weighted by Gasteiger charge is -2.53. The van der Waals surface area contributed by atoms with Gasteiger partial charge in [0.1, 0.15) is 0 Å². The zero-order valence-corrected chi connectivity index (χ0v) is 8.85. The van der Waals surface area contributed by atoms with E-state index < -0.39 is 0 Å². The van der Waals surface area contributed by atoms with E-state index in [2.05, 4.69) is 32.6 Å². The van der Waals surface area contributed by atoms with Gasteiger partial charge in [-0.1, -0.05) is 26.3 Å².